The minimum Gasteiger partial charge on any atom is -0.430 e. The molecular weight excluding hydrogens is 336 g/mol. The van der Waals surface area contributed by atoms with Crippen LogP contribution in [0.5, 0.6) is 0 Å². The number of hydrogen-bond acceptors (Lipinski definition) is 2. The van der Waals surface area contributed by atoms with Crippen LogP contribution in [0.2, 0.25) is 5.02 Å². The smallest absolute Gasteiger partial charge is 0.430 e. The summed E-state index contributed by atoms with van der Waals surface area (Å²) in [6.45, 7) is 0. The SMILES string of the molecule is Cn1c2c(c3ccccc31)C1=NC(=O)OC1(c1ccc(Cl)cc1)CC2. The summed E-state index contributed by atoms with van der Waals surface area (Å²) in [5, 5.41) is 1.76. The van der Waals surface area contributed by atoms with E-state index in [0.717, 1.165) is 34.2 Å². The number of carbonyl (C=O) groups excluding carboxylic acids is 1. The first-order chi connectivity index (χ1) is 12.1. The molecule has 0 spiro atoms. The van der Waals surface area contributed by atoms with E-state index in [1.54, 1.807) is 0 Å². The third-order valence-corrected chi connectivity index (χ3v) is 5.59. The number of aryl methyl sites for hydroxylation is 1. The average molecular weight is 351 g/mol. The van der Waals surface area contributed by atoms with Crippen molar-refractivity contribution in [3.8, 4) is 0 Å². The van der Waals surface area contributed by atoms with E-state index in [9.17, 15) is 4.79 Å². The van der Waals surface area contributed by atoms with Crippen LogP contribution >= 0.6 is 11.6 Å². The predicted octanol–water partition coefficient (Wildman–Crippen LogP) is 4.61. The molecule has 5 rings (SSSR count). The van der Waals surface area contributed by atoms with Crippen molar-refractivity contribution in [3.63, 3.8) is 0 Å². The molecular formula is C20H15ClN2O2. The van der Waals surface area contributed by atoms with Gasteiger partial charge in [-0.15, -0.1) is 0 Å². The van der Waals surface area contributed by atoms with Gasteiger partial charge in [0.2, 0.25) is 0 Å². The number of aromatic nitrogens is 1. The molecule has 5 heteroatoms. The number of ether oxygens (including phenoxy) is 1. The van der Waals surface area contributed by atoms with Crippen LogP contribution in [0.1, 0.15) is 23.2 Å². The highest BCUT2D eigenvalue weighted by molar-refractivity contribution is 6.30. The van der Waals surface area contributed by atoms with Crippen LogP contribution in [-0.2, 0) is 23.8 Å². The van der Waals surface area contributed by atoms with Gasteiger partial charge in [-0.1, -0.05) is 41.9 Å². The topological polar surface area (TPSA) is 43.6 Å². The summed E-state index contributed by atoms with van der Waals surface area (Å²) in [5.74, 6) is 0. The van der Waals surface area contributed by atoms with Crippen molar-refractivity contribution >= 4 is 34.3 Å². The first-order valence-corrected chi connectivity index (χ1v) is 8.63. The molecule has 1 atom stereocenters. The Kier molecular flexibility index (Phi) is 2.92. The van der Waals surface area contributed by atoms with Crippen LogP contribution < -0.4 is 0 Å². The van der Waals surface area contributed by atoms with Crippen LogP contribution in [0.4, 0.5) is 4.79 Å². The average Bonchev–Trinajstić information content (AvgIpc) is 3.11. The van der Waals surface area contributed by atoms with E-state index in [0.29, 0.717) is 11.4 Å². The molecule has 25 heavy (non-hydrogen) atoms. The molecule has 0 saturated heterocycles. The van der Waals surface area contributed by atoms with Crippen LogP contribution in [0.3, 0.4) is 0 Å². The molecule has 3 aromatic rings. The Morgan fingerprint density at radius 3 is 2.72 bits per heavy atom. The maximum atomic E-state index is 12.2. The fraction of sp³-hybridized carbons (Fsp3) is 0.200. The van der Waals surface area contributed by atoms with E-state index in [2.05, 4.69) is 28.7 Å². The number of fused-ring (bicyclic) bond motifs is 5. The van der Waals surface area contributed by atoms with Gasteiger partial charge in [0.25, 0.3) is 0 Å². The Labute approximate surface area is 149 Å². The fourth-order valence-corrected chi connectivity index (χ4v) is 4.31. The Morgan fingerprint density at radius 1 is 1.16 bits per heavy atom. The minimum atomic E-state index is -0.821. The van der Waals surface area contributed by atoms with Gasteiger partial charge in [0.15, 0.2) is 5.60 Å². The molecule has 0 bridgehead atoms. The summed E-state index contributed by atoms with van der Waals surface area (Å²) in [6.07, 6.45) is 0.969. The van der Waals surface area contributed by atoms with Crippen molar-refractivity contribution in [2.45, 2.75) is 18.4 Å². The van der Waals surface area contributed by atoms with E-state index in [1.165, 1.54) is 5.69 Å². The third-order valence-electron chi connectivity index (χ3n) is 5.34. The molecule has 2 aromatic carbocycles. The molecule has 1 amide bonds. The lowest BCUT2D eigenvalue weighted by Crippen LogP contribution is -2.40. The predicted molar refractivity (Wildman–Crippen MR) is 97.4 cm³/mol. The number of nitrogens with zero attached hydrogens (tertiary/aromatic N) is 2. The standard InChI is InChI=1S/C20H15ClN2O2/c1-23-15-5-3-2-4-14(15)17-16(23)10-11-20(18(17)22-19(24)25-20)12-6-8-13(21)9-7-12/h2-9H,10-11H2,1H3. The molecule has 1 aromatic heterocycles. The van der Waals surface area contributed by atoms with E-state index in [1.807, 2.05) is 36.4 Å². The maximum Gasteiger partial charge on any atom is 0.435 e. The molecule has 1 aliphatic carbocycles. The Bertz CT molecular complexity index is 1070. The lowest BCUT2D eigenvalue weighted by molar-refractivity contribution is 0.0722. The second-order valence-electron chi connectivity index (χ2n) is 6.56. The van der Waals surface area contributed by atoms with Gasteiger partial charge < -0.3 is 9.30 Å². The van der Waals surface area contributed by atoms with Gasteiger partial charge in [-0.25, -0.2) is 4.79 Å². The van der Waals surface area contributed by atoms with Gasteiger partial charge in [0.1, 0.15) is 5.71 Å². The molecule has 1 unspecified atom stereocenters. The number of carbonyl (C=O) groups is 1. The Hall–Kier alpha value is -2.59. The monoisotopic (exact) mass is 350 g/mol. The summed E-state index contributed by atoms with van der Waals surface area (Å²) in [7, 11) is 2.06. The Balaban J connectivity index is 1.81. The molecule has 4 nitrogen and oxygen atoms in total. The molecule has 0 N–H and O–H groups in total. The zero-order chi connectivity index (χ0) is 17.2. The number of para-hydroxylation sites is 1. The number of hydrogen-bond donors (Lipinski definition) is 0. The van der Waals surface area contributed by atoms with Crippen molar-refractivity contribution in [2.75, 3.05) is 0 Å². The number of halogens is 1. The molecule has 0 fully saturated rings. The van der Waals surface area contributed by atoms with Gasteiger partial charge >= 0.3 is 6.09 Å². The molecule has 2 heterocycles. The molecule has 0 saturated carbocycles. The highest BCUT2D eigenvalue weighted by Gasteiger charge is 2.51. The maximum absolute atomic E-state index is 12.2. The third kappa shape index (κ3) is 1.89. The largest absolute Gasteiger partial charge is 0.435 e. The zero-order valence-electron chi connectivity index (χ0n) is 13.6. The molecule has 0 radical (unpaired) electrons. The van der Waals surface area contributed by atoms with E-state index >= 15 is 0 Å². The van der Waals surface area contributed by atoms with E-state index in [-0.39, 0.29) is 0 Å². The molecule has 1 aliphatic heterocycles. The quantitative estimate of drug-likeness (QED) is 0.643. The highest BCUT2D eigenvalue weighted by atomic mass is 35.5. The normalized spacial score (nSPS) is 21.7. The summed E-state index contributed by atoms with van der Waals surface area (Å²) in [4.78, 5) is 16.5. The van der Waals surface area contributed by atoms with E-state index < -0.39 is 11.7 Å². The van der Waals surface area contributed by atoms with E-state index in [4.69, 9.17) is 16.3 Å². The summed E-state index contributed by atoms with van der Waals surface area (Å²) < 4.78 is 8.00. The van der Waals surface area contributed by atoms with Gasteiger partial charge in [-0.3, -0.25) is 0 Å². The van der Waals surface area contributed by atoms with Crippen LogP contribution in [0.15, 0.2) is 53.5 Å². The number of aliphatic imine (C=N–C) groups is 1. The highest BCUT2D eigenvalue weighted by Crippen LogP contribution is 2.46. The second-order valence-corrected chi connectivity index (χ2v) is 7.00. The fourth-order valence-electron chi connectivity index (χ4n) is 4.19. The Morgan fingerprint density at radius 2 is 1.92 bits per heavy atom. The van der Waals surface area contributed by atoms with Crippen molar-refractivity contribution in [1.82, 2.24) is 4.57 Å². The second kappa shape index (κ2) is 4.96. The van der Waals surface area contributed by atoms with Crippen LogP contribution in [0.25, 0.3) is 10.9 Å². The lowest BCUT2D eigenvalue weighted by Gasteiger charge is -2.33. The molecule has 124 valence electrons. The van der Waals surface area contributed by atoms with Gasteiger partial charge in [-0.05, 0) is 24.6 Å². The number of rotatable bonds is 1. The first kappa shape index (κ1) is 14.7. The minimum absolute atomic E-state index is 0.522. The van der Waals surface area contributed by atoms with Gasteiger partial charge in [0, 0.05) is 46.2 Å². The zero-order valence-corrected chi connectivity index (χ0v) is 14.4. The van der Waals surface area contributed by atoms with Crippen molar-refractivity contribution < 1.29 is 9.53 Å². The van der Waals surface area contributed by atoms with Crippen molar-refractivity contribution in [3.05, 3.63) is 70.4 Å². The summed E-state index contributed by atoms with van der Waals surface area (Å²) in [5.41, 5.74) is 4.19. The van der Waals surface area contributed by atoms with Gasteiger partial charge in [-0.2, -0.15) is 4.99 Å². The van der Waals surface area contributed by atoms with Crippen molar-refractivity contribution in [2.24, 2.45) is 12.0 Å². The number of amides is 1. The summed E-state index contributed by atoms with van der Waals surface area (Å²) in [6, 6.07) is 15.7. The number of benzene rings is 2. The van der Waals surface area contributed by atoms with Crippen LogP contribution in [0, 0.1) is 0 Å². The van der Waals surface area contributed by atoms with Crippen molar-refractivity contribution in [1.29, 1.82) is 0 Å². The van der Waals surface area contributed by atoms with Crippen LogP contribution in [-0.4, -0.2) is 16.4 Å². The first-order valence-electron chi connectivity index (χ1n) is 8.25. The lowest BCUT2D eigenvalue weighted by atomic mass is 9.76. The summed E-state index contributed by atoms with van der Waals surface area (Å²) >= 11 is 6.04. The van der Waals surface area contributed by atoms with Gasteiger partial charge in [0.05, 0.1) is 0 Å². The molecule has 2 aliphatic rings.